The van der Waals surface area contributed by atoms with Gasteiger partial charge in [0, 0.05) is 16.8 Å². The molecule has 0 N–H and O–H groups in total. The molecule has 0 saturated heterocycles. The summed E-state index contributed by atoms with van der Waals surface area (Å²) < 4.78 is 6.72. The number of fused-ring (bicyclic) bond motifs is 19. The Morgan fingerprint density at radius 1 is 0.357 bits per heavy atom. The molecule has 0 saturated carbocycles. The summed E-state index contributed by atoms with van der Waals surface area (Å²) in [7, 11) is -2.65. The third-order valence-corrected chi connectivity index (χ3v) is 18.1. The molecule has 9 aromatic carbocycles. The largest absolute Gasteiger partial charge is 0.457 e. The van der Waals surface area contributed by atoms with Gasteiger partial charge in [-0.25, -0.2) is 0 Å². The first kappa shape index (κ1) is 30.4. The van der Waals surface area contributed by atoms with Crippen LogP contribution in [0.1, 0.15) is 22.3 Å². The molecule has 3 heteroatoms. The number of rotatable bonds is 1. The molecule has 13 rings (SSSR count). The molecule has 2 spiro atoms. The molecule has 0 aromatic heterocycles. The molecule has 4 aliphatic heterocycles. The molecular weight excluding hydrogens is 695 g/mol. The third-order valence-electron chi connectivity index (χ3n) is 13.1. The summed E-state index contributed by atoms with van der Waals surface area (Å²) in [4.78, 5) is 2.56. The lowest BCUT2D eigenvalue weighted by molar-refractivity contribution is 0.434. The molecule has 0 bridgehead atoms. The number of ether oxygens (including phenoxy) is 1. The molecule has 9 aromatic rings. The van der Waals surface area contributed by atoms with Crippen LogP contribution in [0, 0.1) is 0 Å². The number of hydrogen-bond donors (Lipinski definition) is 0. The summed E-state index contributed by atoms with van der Waals surface area (Å²) in [5, 5.41) is 8.38. The first-order valence-corrected chi connectivity index (χ1v) is 21.5. The molecule has 0 fully saturated rings. The minimum Gasteiger partial charge on any atom is -0.457 e. The summed E-state index contributed by atoms with van der Waals surface area (Å²) in [5.41, 5.74) is 13.2. The van der Waals surface area contributed by atoms with Crippen molar-refractivity contribution in [2.45, 2.75) is 5.41 Å². The smallest absolute Gasteiger partial charge is 0.182 e. The van der Waals surface area contributed by atoms with E-state index in [1.54, 1.807) is 0 Å². The highest BCUT2D eigenvalue weighted by Crippen LogP contribution is 2.63. The summed E-state index contributed by atoms with van der Waals surface area (Å²) >= 11 is 0. The molecule has 0 atom stereocenters. The Morgan fingerprint density at radius 2 is 0.839 bits per heavy atom. The lowest BCUT2D eigenvalue weighted by Crippen LogP contribution is -2.70. The van der Waals surface area contributed by atoms with E-state index in [2.05, 4.69) is 205 Å². The Hall–Kier alpha value is -6.94. The van der Waals surface area contributed by atoms with Gasteiger partial charge in [0.15, 0.2) is 8.07 Å². The van der Waals surface area contributed by atoms with Gasteiger partial charge in [0.2, 0.25) is 0 Å². The Labute approximate surface area is 326 Å². The average Bonchev–Trinajstić information content (AvgIpc) is 3.73. The van der Waals surface area contributed by atoms with Crippen LogP contribution in [0.4, 0.5) is 17.1 Å². The van der Waals surface area contributed by atoms with E-state index in [-0.39, 0.29) is 0 Å². The summed E-state index contributed by atoms with van der Waals surface area (Å²) in [5.74, 6) is 1.80. The van der Waals surface area contributed by atoms with Crippen molar-refractivity contribution in [3.63, 3.8) is 0 Å². The van der Waals surface area contributed by atoms with E-state index in [0.717, 1.165) is 22.6 Å². The predicted octanol–water partition coefficient (Wildman–Crippen LogP) is 10.4. The molecule has 260 valence electrons. The normalized spacial score (nSPS) is 15.2. The van der Waals surface area contributed by atoms with Gasteiger partial charge in [-0.05, 0) is 107 Å². The zero-order valence-corrected chi connectivity index (χ0v) is 31.4. The van der Waals surface area contributed by atoms with Crippen LogP contribution in [0.2, 0.25) is 0 Å². The van der Waals surface area contributed by atoms with Crippen LogP contribution in [-0.2, 0) is 5.41 Å². The number of anilines is 3. The van der Waals surface area contributed by atoms with Crippen LogP contribution in [-0.4, -0.2) is 8.07 Å². The van der Waals surface area contributed by atoms with E-state index in [0.29, 0.717) is 0 Å². The van der Waals surface area contributed by atoms with Gasteiger partial charge >= 0.3 is 0 Å². The van der Waals surface area contributed by atoms with Crippen molar-refractivity contribution in [1.29, 1.82) is 0 Å². The van der Waals surface area contributed by atoms with Gasteiger partial charge in [-0.15, -0.1) is 0 Å². The van der Waals surface area contributed by atoms with E-state index >= 15 is 0 Å². The molecule has 0 radical (unpaired) electrons. The second kappa shape index (κ2) is 10.8. The molecule has 2 nitrogen and oxygen atoms in total. The van der Waals surface area contributed by atoms with Crippen molar-refractivity contribution < 1.29 is 4.74 Å². The third kappa shape index (κ3) is 3.58. The minimum atomic E-state index is -2.65. The van der Waals surface area contributed by atoms with E-state index in [1.165, 1.54) is 82.0 Å². The maximum atomic E-state index is 6.72. The van der Waals surface area contributed by atoms with Gasteiger partial charge in [0.25, 0.3) is 0 Å². The second-order valence-electron chi connectivity index (χ2n) is 15.5. The van der Waals surface area contributed by atoms with Crippen molar-refractivity contribution in [1.82, 2.24) is 0 Å². The van der Waals surface area contributed by atoms with Gasteiger partial charge in [-0.2, -0.15) is 0 Å². The number of para-hydroxylation sites is 3. The lowest BCUT2D eigenvalue weighted by atomic mass is 9.61. The Kier molecular flexibility index (Phi) is 5.89. The summed E-state index contributed by atoms with van der Waals surface area (Å²) in [6.07, 6.45) is 0. The average molecular weight is 728 g/mol. The van der Waals surface area contributed by atoms with Crippen molar-refractivity contribution in [2.75, 3.05) is 4.90 Å². The van der Waals surface area contributed by atoms with Crippen LogP contribution >= 0.6 is 0 Å². The molecule has 4 heterocycles. The summed E-state index contributed by atoms with van der Waals surface area (Å²) in [6.45, 7) is 0. The van der Waals surface area contributed by atoms with Crippen molar-refractivity contribution in [3.8, 4) is 33.8 Å². The lowest BCUT2D eigenvalue weighted by Gasteiger charge is -2.48. The number of hydrogen-bond acceptors (Lipinski definition) is 2. The maximum Gasteiger partial charge on any atom is 0.182 e. The van der Waals surface area contributed by atoms with Crippen molar-refractivity contribution in [2.24, 2.45) is 0 Å². The van der Waals surface area contributed by atoms with Crippen molar-refractivity contribution in [3.05, 3.63) is 222 Å². The first-order valence-electron chi connectivity index (χ1n) is 19.5. The summed E-state index contributed by atoms with van der Waals surface area (Å²) in [6, 6.07) is 75.1. The topological polar surface area (TPSA) is 12.5 Å². The van der Waals surface area contributed by atoms with Gasteiger partial charge < -0.3 is 9.64 Å². The molecular formula is C53H33NOSi. The first-order chi connectivity index (χ1) is 27.8. The second-order valence-corrected chi connectivity index (χ2v) is 19.2. The molecule has 0 aliphatic carbocycles. The highest BCUT2D eigenvalue weighted by Gasteiger charge is 2.55. The Morgan fingerprint density at radius 3 is 1.46 bits per heavy atom. The van der Waals surface area contributed by atoms with E-state index in [4.69, 9.17) is 4.74 Å². The van der Waals surface area contributed by atoms with Crippen LogP contribution < -0.4 is 30.4 Å². The zero-order valence-electron chi connectivity index (χ0n) is 30.4. The Bertz CT molecular complexity index is 3050. The standard InChI is InChI=1S/C53H33NOSi/c1-2-16-35-32-46-44(31-34(35)15-1)53(42-21-7-10-24-47(42)55-48-25-11-8-22-43(48)53)41-20-6-9-23-45(41)54(46)36-29-30-40-39-19-5-14-28-51(39)56(52(40)33-36)49-26-12-3-17-37(49)38-18-4-13-27-50(38)56/h1-33H. The minimum absolute atomic E-state index is 0.607. The fraction of sp³-hybridized carbons (Fsp3) is 0.0189. The highest BCUT2D eigenvalue weighted by molar-refractivity contribution is 7.24. The van der Waals surface area contributed by atoms with E-state index in [9.17, 15) is 0 Å². The predicted molar refractivity (Wildman–Crippen MR) is 232 cm³/mol. The fourth-order valence-electron chi connectivity index (χ4n) is 11.0. The molecule has 4 aliphatic rings. The number of benzene rings is 9. The highest BCUT2D eigenvalue weighted by atomic mass is 28.3. The van der Waals surface area contributed by atoms with Gasteiger partial charge in [0.05, 0.1) is 16.8 Å². The van der Waals surface area contributed by atoms with Gasteiger partial charge in [-0.3, -0.25) is 0 Å². The van der Waals surface area contributed by atoms with E-state index < -0.39 is 13.5 Å². The van der Waals surface area contributed by atoms with E-state index in [1.807, 2.05) is 0 Å². The van der Waals surface area contributed by atoms with Crippen molar-refractivity contribution >= 4 is 56.7 Å². The monoisotopic (exact) mass is 727 g/mol. The fourth-order valence-corrected chi connectivity index (χ4v) is 16.7. The maximum absolute atomic E-state index is 6.72. The van der Waals surface area contributed by atoms with Crippen LogP contribution in [0.3, 0.4) is 0 Å². The zero-order chi connectivity index (χ0) is 36.6. The van der Waals surface area contributed by atoms with Crippen LogP contribution in [0.15, 0.2) is 200 Å². The Balaban J connectivity index is 1.15. The van der Waals surface area contributed by atoms with Crippen LogP contribution in [0.5, 0.6) is 11.5 Å². The van der Waals surface area contributed by atoms with Gasteiger partial charge in [0.1, 0.15) is 11.5 Å². The molecule has 56 heavy (non-hydrogen) atoms. The van der Waals surface area contributed by atoms with Crippen LogP contribution in [0.25, 0.3) is 33.0 Å². The molecule has 0 unspecified atom stereocenters. The quantitative estimate of drug-likeness (QED) is 0.156. The number of nitrogens with zero attached hydrogens (tertiary/aromatic N) is 1. The van der Waals surface area contributed by atoms with Gasteiger partial charge in [-0.1, -0.05) is 158 Å². The molecule has 0 amide bonds. The SMILES string of the molecule is c1ccc2c(c1)Oc1ccccc1C21c2ccccc2N(c2ccc3c(c2)[Si]2(c4ccccc4-c4ccccc42)c2ccccc2-3)c2cc3ccccc3cc21.